The Labute approximate surface area is 158 Å². The number of rotatable bonds is 5. The van der Waals surface area contributed by atoms with E-state index in [1.807, 2.05) is 4.90 Å². The number of hydrogen-bond donors (Lipinski definition) is 3. The topological polar surface area (TPSA) is 90.0 Å². The van der Waals surface area contributed by atoms with E-state index in [0.29, 0.717) is 28.5 Å². The van der Waals surface area contributed by atoms with Gasteiger partial charge in [0, 0.05) is 13.1 Å². The summed E-state index contributed by atoms with van der Waals surface area (Å²) in [5.74, 6) is 1.06. The van der Waals surface area contributed by atoms with Gasteiger partial charge in [-0.2, -0.15) is 18.2 Å². The molecule has 3 aromatic rings. The van der Waals surface area contributed by atoms with Crippen molar-refractivity contribution in [1.29, 1.82) is 0 Å². The van der Waals surface area contributed by atoms with Crippen LogP contribution in [-0.4, -0.2) is 44.2 Å². The molecule has 1 fully saturated rings. The third kappa shape index (κ3) is 3.59. The molecule has 1 saturated heterocycles. The molecule has 1 aromatic carbocycles. The van der Waals surface area contributed by atoms with E-state index in [2.05, 4.69) is 25.3 Å². The van der Waals surface area contributed by atoms with Gasteiger partial charge in [-0.1, -0.05) is 12.1 Å². The number of halogens is 3. The lowest BCUT2D eigenvalue weighted by Gasteiger charge is -2.21. The largest absolute Gasteiger partial charge is 0.416 e. The summed E-state index contributed by atoms with van der Waals surface area (Å²) in [6.07, 6.45) is -1.17. The van der Waals surface area contributed by atoms with Crippen molar-refractivity contribution in [2.45, 2.75) is 31.6 Å². The van der Waals surface area contributed by atoms with Crippen LogP contribution in [0.3, 0.4) is 0 Å². The molecule has 0 saturated carbocycles. The van der Waals surface area contributed by atoms with E-state index >= 15 is 0 Å². The Bertz CT molecular complexity index is 973. The molecule has 1 aliphatic heterocycles. The minimum absolute atomic E-state index is 0.00930. The van der Waals surface area contributed by atoms with E-state index in [1.54, 1.807) is 6.07 Å². The first-order valence-corrected chi connectivity index (χ1v) is 8.94. The number of H-pyrrole nitrogens is 1. The first-order valence-electron chi connectivity index (χ1n) is 8.94. The maximum Gasteiger partial charge on any atom is 0.416 e. The van der Waals surface area contributed by atoms with E-state index in [1.165, 1.54) is 12.4 Å². The molecule has 0 radical (unpaired) electrons. The van der Waals surface area contributed by atoms with Gasteiger partial charge in [-0.05, 0) is 30.5 Å². The molecule has 0 spiro atoms. The summed E-state index contributed by atoms with van der Waals surface area (Å²) < 4.78 is 38.6. The number of aliphatic hydroxyl groups excluding tert-OH is 1. The molecular weight excluding hydrogens is 373 g/mol. The van der Waals surface area contributed by atoms with Gasteiger partial charge in [0.1, 0.15) is 11.8 Å². The van der Waals surface area contributed by atoms with Crippen LogP contribution >= 0.6 is 0 Å². The van der Waals surface area contributed by atoms with E-state index in [9.17, 15) is 18.3 Å². The summed E-state index contributed by atoms with van der Waals surface area (Å²) >= 11 is 0. The lowest BCUT2D eigenvalue weighted by atomic mass is 10.1. The van der Waals surface area contributed by atoms with Crippen molar-refractivity contribution in [2.75, 3.05) is 23.4 Å². The predicted octanol–water partition coefficient (Wildman–Crippen LogP) is 2.94. The van der Waals surface area contributed by atoms with Crippen LogP contribution < -0.4 is 10.2 Å². The molecule has 0 bridgehead atoms. The van der Waals surface area contributed by atoms with Crippen LogP contribution in [-0.2, 0) is 12.7 Å². The molecule has 3 heterocycles. The van der Waals surface area contributed by atoms with Crippen molar-refractivity contribution in [2.24, 2.45) is 0 Å². The van der Waals surface area contributed by atoms with Gasteiger partial charge in [-0.15, -0.1) is 0 Å². The molecule has 28 heavy (non-hydrogen) atoms. The van der Waals surface area contributed by atoms with Crippen molar-refractivity contribution in [3.63, 3.8) is 0 Å². The highest BCUT2D eigenvalue weighted by molar-refractivity contribution is 5.84. The number of aromatic nitrogens is 4. The fraction of sp³-hybridized carbons (Fsp3) is 0.389. The molecule has 1 unspecified atom stereocenters. The van der Waals surface area contributed by atoms with Crippen molar-refractivity contribution >= 4 is 22.9 Å². The summed E-state index contributed by atoms with van der Waals surface area (Å²) in [4.78, 5) is 18.0. The van der Waals surface area contributed by atoms with Crippen LogP contribution in [0.1, 0.15) is 24.0 Å². The SMILES string of the molecule is OCC1CCCN1c1nc2ncnc(NCc3cccc(C(F)(F)F)c3)c2[nH]1. The van der Waals surface area contributed by atoms with Crippen molar-refractivity contribution in [3.05, 3.63) is 41.7 Å². The number of fused-ring (bicyclic) bond motifs is 1. The van der Waals surface area contributed by atoms with Gasteiger partial charge in [-0.25, -0.2) is 9.97 Å². The Hall–Kier alpha value is -2.88. The number of aromatic amines is 1. The summed E-state index contributed by atoms with van der Waals surface area (Å²) in [5, 5.41) is 12.6. The fourth-order valence-electron chi connectivity index (χ4n) is 3.43. The summed E-state index contributed by atoms with van der Waals surface area (Å²) in [6, 6.07) is 5.16. The Morgan fingerprint density at radius 2 is 2.14 bits per heavy atom. The van der Waals surface area contributed by atoms with Crippen LogP contribution in [0.15, 0.2) is 30.6 Å². The second-order valence-electron chi connectivity index (χ2n) is 6.71. The zero-order chi connectivity index (χ0) is 19.7. The Morgan fingerprint density at radius 3 is 2.93 bits per heavy atom. The van der Waals surface area contributed by atoms with Gasteiger partial charge in [0.15, 0.2) is 11.5 Å². The van der Waals surface area contributed by atoms with Gasteiger partial charge in [0.05, 0.1) is 18.2 Å². The van der Waals surface area contributed by atoms with E-state index in [4.69, 9.17) is 0 Å². The minimum atomic E-state index is -4.38. The molecule has 2 aromatic heterocycles. The Kier molecular flexibility index (Phi) is 4.80. The normalized spacial score (nSPS) is 17.4. The highest BCUT2D eigenvalue weighted by Gasteiger charge is 2.30. The first kappa shape index (κ1) is 18.5. The second-order valence-corrected chi connectivity index (χ2v) is 6.71. The Balaban J connectivity index is 1.56. The van der Waals surface area contributed by atoms with Crippen LogP contribution in [0.5, 0.6) is 0 Å². The second kappa shape index (κ2) is 7.27. The number of nitrogens with one attached hydrogen (secondary N) is 2. The number of aliphatic hydroxyl groups is 1. The molecule has 0 aliphatic carbocycles. The lowest BCUT2D eigenvalue weighted by molar-refractivity contribution is -0.137. The number of benzene rings is 1. The monoisotopic (exact) mass is 392 g/mol. The summed E-state index contributed by atoms with van der Waals surface area (Å²) in [5.41, 5.74) is 0.835. The van der Waals surface area contributed by atoms with Crippen LogP contribution in [0.4, 0.5) is 24.9 Å². The minimum Gasteiger partial charge on any atom is -0.394 e. The highest BCUT2D eigenvalue weighted by atomic mass is 19.4. The third-order valence-corrected chi connectivity index (χ3v) is 4.85. The average Bonchev–Trinajstić information content (AvgIpc) is 3.32. The first-order chi connectivity index (χ1) is 13.5. The van der Waals surface area contributed by atoms with Crippen LogP contribution in [0, 0.1) is 0 Å². The molecule has 3 N–H and O–H groups in total. The van der Waals surface area contributed by atoms with Gasteiger partial charge >= 0.3 is 6.18 Å². The maximum absolute atomic E-state index is 12.9. The molecule has 148 valence electrons. The number of nitrogens with zero attached hydrogens (tertiary/aromatic N) is 4. The average molecular weight is 392 g/mol. The third-order valence-electron chi connectivity index (χ3n) is 4.85. The molecule has 1 atom stereocenters. The van der Waals surface area contributed by atoms with Crippen molar-refractivity contribution < 1.29 is 18.3 Å². The van der Waals surface area contributed by atoms with Gasteiger partial charge < -0.3 is 20.3 Å². The zero-order valence-corrected chi connectivity index (χ0v) is 14.9. The van der Waals surface area contributed by atoms with E-state index < -0.39 is 11.7 Å². The zero-order valence-electron chi connectivity index (χ0n) is 14.9. The maximum atomic E-state index is 12.9. The Morgan fingerprint density at radius 1 is 1.29 bits per heavy atom. The smallest absolute Gasteiger partial charge is 0.394 e. The lowest BCUT2D eigenvalue weighted by Crippen LogP contribution is -2.32. The standard InChI is InChI=1S/C18H19F3N6O/c19-18(20,21)12-4-1-3-11(7-12)8-22-15-14-16(24-10-23-15)26-17(25-14)27-6-2-5-13(27)9-28/h1,3-4,7,10,13,28H,2,5-6,8-9H2,(H2,22,23,24,25,26). The number of alkyl halides is 3. The predicted molar refractivity (Wildman–Crippen MR) is 97.9 cm³/mol. The van der Waals surface area contributed by atoms with Crippen LogP contribution in [0.2, 0.25) is 0 Å². The molecule has 0 amide bonds. The van der Waals surface area contributed by atoms with Crippen molar-refractivity contribution in [1.82, 2.24) is 19.9 Å². The quantitative estimate of drug-likeness (QED) is 0.619. The van der Waals surface area contributed by atoms with Gasteiger partial charge in [0.2, 0.25) is 5.95 Å². The summed E-state index contributed by atoms with van der Waals surface area (Å²) in [7, 11) is 0. The number of imidazole rings is 1. The molecular formula is C18H19F3N6O. The number of anilines is 2. The molecule has 1 aliphatic rings. The molecule has 10 heteroatoms. The number of hydrogen-bond acceptors (Lipinski definition) is 6. The van der Waals surface area contributed by atoms with Crippen molar-refractivity contribution in [3.8, 4) is 0 Å². The van der Waals surface area contributed by atoms with E-state index in [-0.39, 0.29) is 19.2 Å². The van der Waals surface area contributed by atoms with Crippen LogP contribution in [0.25, 0.3) is 11.2 Å². The highest BCUT2D eigenvalue weighted by Crippen LogP contribution is 2.30. The van der Waals surface area contributed by atoms with Gasteiger partial charge in [0.25, 0.3) is 0 Å². The summed E-state index contributed by atoms with van der Waals surface area (Å²) in [6.45, 7) is 1.00. The van der Waals surface area contributed by atoms with E-state index in [0.717, 1.165) is 31.5 Å². The fourth-order valence-corrected chi connectivity index (χ4v) is 3.43. The van der Waals surface area contributed by atoms with Gasteiger partial charge in [-0.3, -0.25) is 0 Å². The molecule has 4 rings (SSSR count). The molecule has 7 nitrogen and oxygen atoms in total.